The molecule has 0 amide bonds. The van der Waals surface area contributed by atoms with Crippen LogP contribution < -0.4 is 4.74 Å². The van der Waals surface area contributed by atoms with Gasteiger partial charge in [0.25, 0.3) is 0 Å². The molecule has 25 heavy (non-hydrogen) atoms. The molecule has 2 aromatic rings. The van der Waals surface area contributed by atoms with Crippen molar-refractivity contribution in [3.8, 4) is 5.75 Å². The van der Waals surface area contributed by atoms with Crippen molar-refractivity contribution < 1.29 is 9.13 Å². The van der Waals surface area contributed by atoms with Crippen LogP contribution in [0.4, 0.5) is 4.39 Å². The van der Waals surface area contributed by atoms with Crippen LogP contribution in [-0.2, 0) is 11.2 Å². The average molecular weight is 356 g/mol. The van der Waals surface area contributed by atoms with Crippen molar-refractivity contribution in [2.75, 3.05) is 0 Å². The lowest BCUT2D eigenvalue weighted by Gasteiger charge is -2.29. The molecule has 2 aromatic carbocycles. The summed E-state index contributed by atoms with van der Waals surface area (Å²) >= 11 is 1.75. The Morgan fingerprint density at radius 1 is 1.04 bits per heavy atom. The highest BCUT2D eigenvalue weighted by molar-refractivity contribution is 7.98. The molecule has 0 N–H and O–H groups in total. The molecule has 0 aromatic heterocycles. The van der Waals surface area contributed by atoms with Crippen molar-refractivity contribution >= 4 is 17.8 Å². The molecule has 0 saturated heterocycles. The van der Waals surface area contributed by atoms with Crippen molar-refractivity contribution in [3.05, 3.63) is 65.0 Å². The third kappa shape index (κ3) is 4.09. The van der Waals surface area contributed by atoms with E-state index in [-0.39, 0.29) is 11.2 Å². The largest absolute Gasteiger partial charge is 0.480 e. The molecule has 0 radical (unpaired) electrons. The Bertz CT molecular complexity index is 798. The Hall–Kier alpha value is -1.74. The van der Waals surface area contributed by atoms with Gasteiger partial charge in [0.1, 0.15) is 11.6 Å². The van der Waals surface area contributed by atoms with E-state index in [2.05, 4.69) is 45.0 Å². The van der Waals surface area contributed by atoms with E-state index in [1.54, 1.807) is 31.7 Å². The Balaban J connectivity index is 1.71. The number of fused-ring (bicyclic) bond motifs is 1. The first-order chi connectivity index (χ1) is 11.6. The van der Waals surface area contributed by atoms with Crippen LogP contribution in [0, 0.1) is 0 Å². The van der Waals surface area contributed by atoms with Crippen LogP contribution in [0.15, 0.2) is 53.2 Å². The lowest BCUT2D eigenvalue weighted by molar-refractivity contribution is 0.118. The topological polar surface area (TPSA) is 9.23 Å². The highest BCUT2D eigenvalue weighted by Crippen LogP contribution is 2.38. The molecular formula is C22H25FOS. The van der Waals surface area contributed by atoms with Crippen LogP contribution in [0.1, 0.15) is 51.3 Å². The molecule has 0 unspecified atom stereocenters. The summed E-state index contributed by atoms with van der Waals surface area (Å²) in [6, 6.07) is 14.8. The van der Waals surface area contributed by atoms with Crippen LogP contribution >= 0.6 is 11.8 Å². The number of rotatable bonds is 3. The Labute approximate surface area is 154 Å². The molecule has 0 spiro atoms. The fourth-order valence-electron chi connectivity index (χ4n) is 2.72. The van der Waals surface area contributed by atoms with Crippen molar-refractivity contribution in [2.45, 2.75) is 56.3 Å². The molecule has 0 bridgehead atoms. The molecule has 1 aliphatic rings. The maximum atomic E-state index is 14.1. The lowest BCUT2D eigenvalue weighted by atomic mass is 9.87. The molecule has 132 valence electrons. The van der Waals surface area contributed by atoms with Crippen LogP contribution in [0.2, 0.25) is 0 Å². The van der Waals surface area contributed by atoms with E-state index < -0.39 is 5.60 Å². The summed E-state index contributed by atoms with van der Waals surface area (Å²) in [5, 5.41) is 0. The van der Waals surface area contributed by atoms with E-state index >= 15 is 0 Å². The maximum absolute atomic E-state index is 14.1. The molecule has 3 rings (SSSR count). The lowest BCUT2D eigenvalue weighted by Crippen LogP contribution is -2.31. The number of halogens is 1. The number of hydrogen-bond donors (Lipinski definition) is 0. The van der Waals surface area contributed by atoms with Gasteiger partial charge in [-0.1, -0.05) is 45.0 Å². The molecule has 1 nitrogen and oxygen atoms in total. The summed E-state index contributed by atoms with van der Waals surface area (Å²) < 4.78 is 19.8. The van der Waals surface area contributed by atoms with Gasteiger partial charge in [0.2, 0.25) is 0 Å². The standard InChI is InChI=1S/C22H25FOS/c1-21(2,3)17-8-6-15(7-9-17)14-25-18-10-11-19-16(12-18)13-20(23)22(4,5)24-19/h6-13H,14H2,1-5H3/i23-1. The van der Waals surface area contributed by atoms with Gasteiger partial charge in [-0.3, -0.25) is 0 Å². The smallest absolute Gasteiger partial charge is 0.154 e. The highest BCUT2D eigenvalue weighted by atomic mass is 32.2. The SMILES string of the molecule is CC1(C)Oc2ccc(SCc3ccc(C(C)(C)C)cc3)cc2C=C1[18F]. The van der Waals surface area contributed by atoms with Gasteiger partial charge in [0, 0.05) is 16.2 Å². The molecule has 1 aliphatic heterocycles. The van der Waals surface area contributed by atoms with E-state index in [1.165, 1.54) is 11.1 Å². The fourth-order valence-corrected chi connectivity index (χ4v) is 3.62. The number of ether oxygens (including phenoxy) is 1. The van der Waals surface area contributed by atoms with Crippen molar-refractivity contribution in [2.24, 2.45) is 0 Å². The van der Waals surface area contributed by atoms with Gasteiger partial charge in [-0.15, -0.1) is 11.8 Å². The summed E-state index contributed by atoms with van der Waals surface area (Å²) in [5.41, 5.74) is 2.74. The zero-order valence-electron chi connectivity index (χ0n) is 15.5. The normalized spacial score (nSPS) is 16.0. The van der Waals surface area contributed by atoms with Gasteiger partial charge >= 0.3 is 0 Å². The van der Waals surface area contributed by atoms with Crippen molar-refractivity contribution in [1.29, 1.82) is 0 Å². The predicted molar refractivity (Wildman–Crippen MR) is 105 cm³/mol. The first-order valence-electron chi connectivity index (χ1n) is 8.58. The van der Waals surface area contributed by atoms with Crippen molar-refractivity contribution in [3.63, 3.8) is 0 Å². The van der Waals surface area contributed by atoms with E-state index in [9.17, 15) is 4.39 Å². The second-order valence-corrected chi connectivity index (χ2v) is 9.09. The predicted octanol–water partition coefficient (Wildman–Crippen LogP) is 6.76. The molecular weight excluding hydrogens is 330 g/mol. The van der Waals surface area contributed by atoms with Crippen LogP contribution in [-0.4, -0.2) is 5.60 Å². The van der Waals surface area contributed by atoms with Crippen molar-refractivity contribution in [1.82, 2.24) is 0 Å². The average Bonchev–Trinajstić information content (AvgIpc) is 2.53. The fraction of sp³-hybridized carbons (Fsp3) is 0.364. The van der Waals surface area contributed by atoms with Gasteiger partial charge in [0.05, 0.1) is 0 Å². The minimum atomic E-state index is -0.879. The third-order valence-electron chi connectivity index (χ3n) is 4.43. The van der Waals surface area contributed by atoms with Gasteiger partial charge in [-0.2, -0.15) is 0 Å². The van der Waals surface area contributed by atoms with Crippen LogP contribution in [0.5, 0.6) is 5.75 Å². The van der Waals surface area contributed by atoms with Crippen LogP contribution in [0.3, 0.4) is 0 Å². The zero-order chi connectivity index (χ0) is 18.2. The van der Waals surface area contributed by atoms with Gasteiger partial charge in [0.15, 0.2) is 5.60 Å². The van der Waals surface area contributed by atoms with Gasteiger partial charge in [-0.25, -0.2) is 4.39 Å². The minimum absolute atomic E-state index is 0.175. The second kappa shape index (κ2) is 6.53. The number of hydrogen-bond acceptors (Lipinski definition) is 2. The Morgan fingerprint density at radius 3 is 2.36 bits per heavy atom. The first-order valence-corrected chi connectivity index (χ1v) is 9.57. The third-order valence-corrected chi connectivity index (χ3v) is 5.49. The maximum Gasteiger partial charge on any atom is 0.154 e. The summed E-state index contributed by atoms with van der Waals surface area (Å²) in [6.45, 7) is 10.1. The summed E-state index contributed by atoms with van der Waals surface area (Å²) in [5.74, 6) is 1.40. The molecule has 0 aliphatic carbocycles. The van der Waals surface area contributed by atoms with E-state index in [4.69, 9.17) is 4.74 Å². The summed E-state index contributed by atoms with van der Waals surface area (Å²) in [7, 11) is 0. The Kier molecular flexibility index (Phi) is 4.72. The molecule has 0 atom stereocenters. The quantitative estimate of drug-likeness (QED) is 0.563. The monoisotopic (exact) mass is 355 g/mol. The molecule has 3 heteroatoms. The summed E-state index contributed by atoms with van der Waals surface area (Å²) in [6.07, 6.45) is 1.58. The first kappa shape index (κ1) is 18.1. The second-order valence-electron chi connectivity index (χ2n) is 8.04. The van der Waals surface area contributed by atoms with E-state index in [0.717, 1.165) is 22.0 Å². The summed E-state index contributed by atoms with van der Waals surface area (Å²) in [4.78, 5) is 1.12. The van der Waals surface area contributed by atoms with E-state index in [0.29, 0.717) is 0 Å². The zero-order valence-corrected chi connectivity index (χ0v) is 16.3. The number of thioether (sulfide) groups is 1. The van der Waals surface area contributed by atoms with Gasteiger partial charge < -0.3 is 4.74 Å². The van der Waals surface area contributed by atoms with Gasteiger partial charge in [-0.05, 0) is 54.7 Å². The molecule has 0 saturated carbocycles. The molecule has 1 heterocycles. The van der Waals surface area contributed by atoms with Crippen LogP contribution in [0.25, 0.3) is 6.08 Å². The molecule has 0 fully saturated rings. The number of benzene rings is 2. The Morgan fingerprint density at radius 2 is 1.72 bits per heavy atom. The highest BCUT2D eigenvalue weighted by Gasteiger charge is 2.30. The van der Waals surface area contributed by atoms with E-state index in [1.807, 2.05) is 18.2 Å². The minimum Gasteiger partial charge on any atom is -0.480 e.